The van der Waals surface area contributed by atoms with Crippen LogP contribution in [0.1, 0.15) is 11.1 Å². The van der Waals surface area contributed by atoms with Gasteiger partial charge in [-0.05, 0) is 71.1 Å². The number of benzene rings is 2. The van der Waals surface area contributed by atoms with Crippen molar-refractivity contribution in [2.75, 3.05) is 26.2 Å². The molecule has 34 heavy (non-hydrogen) atoms. The molecule has 1 saturated heterocycles. The van der Waals surface area contributed by atoms with E-state index in [-0.39, 0.29) is 11.8 Å². The average molecular weight is 618 g/mol. The highest BCUT2D eigenvalue weighted by Crippen LogP contribution is 2.33. The Morgan fingerprint density at radius 3 is 1.35 bits per heavy atom. The molecule has 2 aromatic rings. The van der Waals surface area contributed by atoms with E-state index in [1.165, 1.54) is 23.5 Å². The monoisotopic (exact) mass is 616 g/mol. The number of aliphatic imine (C=N–C) groups is 2. The molecule has 0 atom stereocenters. The first kappa shape index (κ1) is 23.6. The van der Waals surface area contributed by atoms with Crippen molar-refractivity contribution in [2.45, 2.75) is 0 Å². The number of nitrogens with zero attached hydrogens (tertiary/aromatic N) is 4. The van der Waals surface area contributed by atoms with E-state index < -0.39 is 0 Å². The molecule has 0 N–H and O–H groups in total. The number of hydrogen-bond donors (Lipinski definition) is 0. The van der Waals surface area contributed by atoms with Gasteiger partial charge in [0, 0.05) is 35.1 Å². The number of thioether (sulfide) groups is 2. The summed E-state index contributed by atoms with van der Waals surface area (Å²) in [5.74, 6) is -0.399. The van der Waals surface area contributed by atoms with Crippen LogP contribution in [0.15, 0.2) is 77.3 Å². The van der Waals surface area contributed by atoms with Gasteiger partial charge in [-0.25, -0.2) is 0 Å². The molecule has 0 saturated carbocycles. The zero-order chi connectivity index (χ0) is 23.7. The number of amidine groups is 2. The van der Waals surface area contributed by atoms with Crippen LogP contribution in [0.25, 0.3) is 12.2 Å². The molecule has 172 valence electrons. The van der Waals surface area contributed by atoms with Gasteiger partial charge in [-0.3, -0.25) is 9.59 Å². The van der Waals surface area contributed by atoms with Gasteiger partial charge in [0.25, 0.3) is 11.8 Å². The van der Waals surface area contributed by atoms with Gasteiger partial charge < -0.3 is 9.80 Å². The maximum atomic E-state index is 12.4. The normalized spacial score (nSPS) is 21.0. The molecule has 0 spiro atoms. The van der Waals surface area contributed by atoms with Crippen LogP contribution >= 0.6 is 55.4 Å². The fourth-order valence-electron chi connectivity index (χ4n) is 3.58. The number of rotatable bonds is 2. The minimum absolute atomic E-state index is 0.200. The molecular formula is C24H18Br2N4O2S2. The first-order valence-electron chi connectivity index (χ1n) is 10.5. The molecular weight excluding hydrogens is 600 g/mol. The predicted molar refractivity (Wildman–Crippen MR) is 147 cm³/mol. The van der Waals surface area contributed by atoms with Crippen molar-refractivity contribution in [2.24, 2.45) is 9.98 Å². The highest BCUT2D eigenvalue weighted by atomic mass is 79.9. The SMILES string of the molecule is O=C1N=C(N2CCN(C3=NC(=O)/C(=C\c4ccc(Br)cc4)S3)CC2)S/C1=C\c1ccc(Br)cc1. The molecule has 0 aromatic heterocycles. The lowest BCUT2D eigenvalue weighted by Crippen LogP contribution is -2.49. The number of carbonyl (C=O) groups is 2. The number of carbonyl (C=O) groups excluding carboxylic acids is 2. The third kappa shape index (κ3) is 5.40. The third-order valence-electron chi connectivity index (χ3n) is 5.37. The maximum Gasteiger partial charge on any atom is 0.286 e. The summed E-state index contributed by atoms with van der Waals surface area (Å²) in [6.45, 7) is 2.85. The third-order valence-corrected chi connectivity index (χ3v) is 8.52. The number of amides is 2. The molecule has 10 heteroatoms. The van der Waals surface area contributed by atoms with Crippen LogP contribution in [0.2, 0.25) is 0 Å². The lowest BCUT2D eigenvalue weighted by atomic mass is 10.2. The molecule has 0 unspecified atom stereocenters. The highest BCUT2D eigenvalue weighted by Gasteiger charge is 2.32. The summed E-state index contributed by atoms with van der Waals surface area (Å²) in [5.41, 5.74) is 1.93. The molecule has 3 aliphatic rings. The van der Waals surface area contributed by atoms with Crippen LogP contribution in [0.4, 0.5) is 0 Å². The van der Waals surface area contributed by atoms with Gasteiger partial charge in [0.15, 0.2) is 10.3 Å². The lowest BCUT2D eigenvalue weighted by molar-refractivity contribution is -0.114. The molecule has 6 nitrogen and oxygen atoms in total. The molecule has 2 amide bonds. The fraction of sp³-hybridized carbons (Fsp3) is 0.167. The first-order valence-corrected chi connectivity index (χ1v) is 13.7. The number of piperazine rings is 1. The Kier molecular flexibility index (Phi) is 7.10. The predicted octanol–water partition coefficient (Wildman–Crippen LogP) is 5.47. The van der Waals surface area contributed by atoms with E-state index in [0.29, 0.717) is 36.0 Å². The van der Waals surface area contributed by atoms with Crippen molar-refractivity contribution in [1.29, 1.82) is 0 Å². The average Bonchev–Trinajstić information content (AvgIpc) is 3.39. The summed E-state index contributed by atoms with van der Waals surface area (Å²) >= 11 is 9.68. The Hall–Kier alpha value is -2.14. The Labute approximate surface area is 222 Å². The standard InChI is InChI=1S/C24H18Br2N4O2S2/c25-17-5-1-15(2-6-17)13-19-21(31)27-23(33-19)29-9-11-30(12-10-29)24-28-22(32)20(34-24)14-16-3-7-18(26)8-4-16/h1-8,13-14H,9-12H2/b19-13-,20-14+. The minimum Gasteiger partial charge on any atom is -0.347 e. The van der Waals surface area contributed by atoms with Crippen LogP contribution in [-0.2, 0) is 9.59 Å². The van der Waals surface area contributed by atoms with E-state index >= 15 is 0 Å². The first-order chi connectivity index (χ1) is 16.4. The zero-order valence-corrected chi connectivity index (χ0v) is 22.6. The van der Waals surface area contributed by atoms with E-state index in [9.17, 15) is 9.59 Å². The van der Waals surface area contributed by atoms with Crippen LogP contribution in [-0.4, -0.2) is 58.1 Å². The topological polar surface area (TPSA) is 65.3 Å². The molecule has 0 aliphatic carbocycles. The second-order valence-corrected chi connectivity index (χ2v) is 11.5. The van der Waals surface area contributed by atoms with Gasteiger partial charge in [-0.1, -0.05) is 56.1 Å². The highest BCUT2D eigenvalue weighted by molar-refractivity contribution is 9.10. The largest absolute Gasteiger partial charge is 0.347 e. The molecule has 0 radical (unpaired) electrons. The van der Waals surface area contributed by atoms with E-state index in [1.807, 2.05) is 60.7 Å². The Bertz CT molecular complexity index is 1160. The van der Waals surface area contributed by atoms with Crippen molar-refractivity contribution >= 4 is 89.7 Å². The molecule has 5 rings (SSSR count). The van der Waals surface area contributed by atoms with Crippen molar-refractivity contribution in [3.8, 4) is 0 Å². The summed E-state index contributed by atoms with van der Waals surface area (Å²) in [4.78, 5) is 38.9. The second-order valence-electron chi connectivity index (χ2n) is 7.70. The van der Waals surface area contributed by atoms with E-state index in [4.69, 9.17) is 0 Å². The summed E-state index contributed by atoms with van der Waals surface area (Å²) in [5, 5.41) is 1.47. The molecule has 3 heterocycles. The van der Waals surface area contributed by atoms with Gasteiger partial charge in [-0.15, -0.1) is 0 Å². The van der Waals surface area contributed by atoms with E-state index in [1.54, 1.807) is 0 Å². The van der Waals surface area contributed by atoms with Crippen LogP contribution in [0.3, 0.4) is 0 Å². The lowest BCUT2D eigenvalue weighted by Gasteiger charge is -2.35. The minimum atomic E-state index is -0.200. The van der Waals surface area contributed by atoms with Gasteiger partial charge >= 0.3 is 0 Å². The summed E-state index contributed by atoms with van der Waals surface area (Å²) in [7, 11) is 0. The van der Waals surface area contributed by atoms with Crippen molar-refractivity contribution < 1.29 is 9.59 Å². The molecule has 0 bridgehead atoms. The Balaban J connectivity index is 1.18. The van der Waals surface area contributed by atoms with Gasteiger partial charge in [0.2, 0.25) is 0 Å². The van der Waals surface area contributed by atoms with E-state index in [2.05, 4.69) is 51.6 Å². The summed E-state index contributed by atoms with van der Waals surface area (Å²) in [6, 6.07) is 15.6. The second kappa shape index (κ2) is 10.2. The van der Waals surface area contributed by atoms with E-state index in [0.717, 1.165) is 30.4 Å². The van der Waals surface area contributed by atoms with Crippen molar-refractivity contribution in [3.63, 3.8) is 0 Å². The van der Waals surface area contributed by atoms with Crippen molar-refractivity contribution in [1.82, 2.24) is 9.80 Å². The maximum absolute atomic E-state index is 12.4. The quantitative estimate of drug-likeness (QED) is 0.417. The number of halogens is 2. The summed E-state index contributed by atoms with van der Waals surface area (Å²) < 4.78 is 2.00. The van der Waals surface area contributed by atoms with Gasteiger partial charge in [0.1, 0.15) is 0 Å². The molecule has 2 aromatic carbocycles. The van der Waals surface area contributed by atoms with Crippen molar-refractivity contribution in [3.05, 3.63) is 78.4 Å². The zero-order valence-electron chi connectivity index (χ0n) is 17.8. The summed E-state index contributed by atoms with van der Waals surface area (Å²) in [6.07, 6.45) is 3.75. The fourth-order valence-corrected chi connectivity index (χ4v) is 6.03. The van der Waals surface area contributed by atoms with Gasteiger partial charge in [-0.2, -0.15) is 9.98 Å². The van der Waals surface area contributed by atoms with Crippen LogP contribution in [0, 0.1) is 0 Å². The Morgan fingerprint density at radius 1 is 0.647 bits per heavy atom. The smallest absolute Gasteiger partial charge is 0.286 e. The Morgan fingerprint density at radius 2 is 1.00 bits per heavy atom. The van der Waals surface area contributed by atoms with Crippen LogP contribution < -0.4 is 0 Å². The number of hydrogen-bond acceptors (Lipinski definition) is 6. The molecule has 1 fully saturated rings. The van der Waals surface area contributed by atoms with Gasteiger partial charge in [0.05, 0.1) is 9.81 Å². The van der Waals surface area contributed by atoms with Crippen LogP contribution in [0.5, 0.6) is 0 Å². The molecule has 3 aliphatic heterocycles.